The molecule has 2 heterocycles. The van der Waals surface area contributed by atoms with Crippen LogP contribution in [0.1, 0.15) is 23.3 Å². The Bertz CT molecular complexity index is 318. The maximum Gasteiger partial charge on any atom is 0.192 e. The van der Waals surface area contributed by atoms with Crippen molar-refractivity contribution in [2.45, 2.75) is 18.9 Å². The van der Waals surface area contributed by atoms with Crippen LogP contribution in [0.2, 0.25) is 0 Å². The van der Waals surface area contributed by atoms with E-state index in [9.17, 15) is 4.79 Å². The molecule has 0 saturated carbocycles. The lowest BCUT2D eigenvalue weighted by atomic mass is 10.1. The van der Waals surface area contributed by atoms with E-state index in [1.54, 1.807) is 6.20 Å². The minimum absolute atomic E-state index is 0. The molecule has 1 aliphatic heterocycles. The van der Waals surface area contributed by atoms with Gasteiger partial charge in [-0.25, -0.2) is 0 Å². The summed E-state index contributed by atoms with van der Waals surface area (Å²) in [4.78, 5) is 16.9. The zero-order valence-electron chi connectivity index (χ0n) is 9.19. The summed E-state index contributed by atoms with van der Waals surface area (Å²) in [5, 5.41) is 0. The summed E-state index contributed by atoms with van der Waals surface area (Å²) < 4.78 is 0. The molecule has 1 aliphatic rings. The number of nitrogens with zero attached hydrogens (tertiary/aromatic N) is 1. The first-order chi connectivity index (χ1) is 7.25. The van der Waals surface area contributed by atoms with Crippen LogP contribution >= 0.6 is 12.4 Å². The fourth-order valence-corrected chi connectivity index (χ4v) is 1.90. The van der Waals surface area contributed by atoms with Gasteiger partial charge in [-0.05, 0) is 25.0 Å². The normalized spacial score (nSPS) is 18.1. The van der Waals surface area contributed by atoms with Gasteiger partial charge in [-0.1, -0.05) is 0 Å². The highest BCUT2D eigenvalue weighted by Crippen LogP contribution is 2.09. The van der Waals surface area contributed by atoms with Crippen molar-refractivity contribution in [3.05, 3.63) is 24.0 Å². The van der Waals surface area contributed by atoms with Crippen LogP contribution in [0.15, 0.2) is 18.3 Å². The predicted octanol–water partition coefficient (Wildman–Crippen LogP) is 1.04. The Balaban J connectivity index is 0.00000128. The second kappa shape index (κ2) is 6.03. The molecule has 16 heavy (non-hydrogen) atoms. The van der Waals surface area contributed by atoms with Gasteiger partial charge in [0.25, 0.3) is 0 Å². The molecule has 1 aromatic heterocycles. The number of aromatic nitrogens is 1. The molecule has 1 aromatic rings. The molecular weight excluding hydrogens is 226 g/mol. The van der Waals surface area contributed by atoms with Crippen LogP contribution in [0.5, 0.6) is 0 Å². The van der Waals surface area contributed by atoms with Gasteiger partial charge in [-0.15, -0.1) is 12.4 Å². The van der Waals surface area contributed by atoms with Crippen molar-refractivity contribution < 1.29 is 4.79 Å². The molecule has 2 rings (SSSR count). The van der Waals surface area contributed by atoms with Crippen LogP contribution in [-0.4, -0.2) is 41.3 Å². The quantitative estimate of drug-likeness (QED) is 0.780. The average Bonchev–Trinajstić information content (AvgIpc) is 2.74. The first-order valence-electron chi connectivity index (χ1n) is 5.40. The van der Waals surface area contributed by atoms with Crippen molar-refractivity contribution in [2.24, 2.45) is 5.73 Å². The summed E-state index contributed by atoms with van der Waals surface area (Å²) >= 11 is 0. The largest absolute Gasteiger partial charge is 0.359 e. The number of ketones is 1. The number of Topliss-reactive ketones (excluding diaryl/α,β-unsaturated/α-hetero) is 1. The molecule has 5 heteroatoms. The Hall–Kier alpha value is -0.840. The first-order valence-corrected chi connectivity index (χ1v) is 5.40. The zero-order chi connectivity index (χ0) is 10.7. The van der Waals surface area contributed by atoms with Crippen molar-refractivity contribution in [1.82, 2.24) is 9.88 Å². The summed E-state index contributed by atoms with van der Waals surface area (Å²) in [6.07, 6.45) is 3.77. The van der Waals surface area contributed by atoms with Crippen LogP contribution in [0.3, 0.4) is 0 Å². The van der Waals surface area contributed by atoms with Crippen LogP contribution < -0.4 is 5.73 Å². The third-order valence-electron chi connectivity index (χ3n) is 2.90. The summed E-state index contributed by atoms with van der Waals surface area (Å²) in [5.41, 5.74) is 6.50. The number of carbonyl (C=O) groups excluding carboxylic acids is 1. The van der Waals surface area contributed by atoms with Gasteiger partial charge in [0.15, 0.2) is 5.78 Å². The Kier molecular flexibility index (Phi) is 4.99. The van der Waals surface area contributed by atoms with E-state index in [-0.39, 0.29) is 18.2 Å². The minimum atomic E-state index is 0. The van der Waals surface area contributed by atoms with E-state index in [2.05, 4.69) is 9.88 Å². The molecule has 0 aliphatic carbocycles. The molecule has 0 aromatic carbocycles. The summed E-state index contributed by atoms with van der Waals surface area (Å²) in [7, 11) is 0. The predicted molar refractivity (Wildman–Crippen MR) is 66.0 cm³/mol. The molecule has 1 fully saturated rings. The number of hydrogen-bond donors (Lipinski definition) is 2. The molecule has 0 unspecified atom stereocenters. The lowest BCUT2D eigenvalue weighted by Gasteiger charge is -2.29. The van der Waals surface area contributed by atoms with E-state index in [0.29, 0.717) is 18.3 Å². The SMILES string of the molecule is Cl.NC1CCN(CC(=O)c2ccc[nH]2)CC1. The number of nitrogens with two attached hydrogens (primary N) is 1. The Labute approximate surface area is 102 Å². The van der Waals surface area contributed by atoms with Gasteiger partial charge in [0.2, 0.25) is 0 Å². The second-order valence-electron chi connectivity index (χ2n) is 4.12. The average molecular weight is 244 g/mol. The number of nitrogens with one attached hydrogen (secondary N) is 1. The number of hydrogen-bond acceptors (Lipinski definition) is 3. The maximum absolute atomic E-state index is 11.8. The standard InChI is InChI=1S/C11H17N3O.ClH/c12-9-3-6-14(7-4-9)8-11(15)10-2-1-5-13-10;/h1-2,5,9,13H,3-4,6-8,12H2;1H. The smallest absolute Gasteiger partial charge is 0.192 e. The number of likely N-dealkylation sites (tertiary alicyclic amines) is 1. The molecule has 0 atom stereocenters. The lowest BCUT2D eigenvalue weighted by molar-refractivity contribution is 0.0905. The van der Waals surface area contributed by atoms with Crippen molar-refractivity contribution in [3.63, 3.8) is 0 Å². The highest BCUT2D eigenvalue weighted by atomic mass is 35.5. The maximum atomic E-state index is 11.8. The molecule has 0 radical (unpaired) electrons. The lowest BCUT2D eigenvalue weighted by Crippen LogP contribution is -2.41. The van der Waals surface area contributed by atoms with Crippen LogP contribution in [0.4, 0.5) is 0 Å². The number of piperidine rings is 1. The van der Waals surface area contributed by atoms with Gasteiger partial charge in [-0.3, -0.25) is 9.69 Å². The Morgan fingerprint density at radius 3 is 2.75 bits per heavy atom. The van der Waals surface area contributed by atoms with E-state index >= 15 is 0 Å². The van der Waals surface area contributed by atoms with E-state index in [0.717, 1.165) is 25.9 Å². The summed E-state index contributed by atoms with van der Waals surface area (Å²) in [5.74, 6) is 0.162. The van der Waals surface area contributed by atoms with Gasteiger partial charge >= 0.3 is 0 Å². The molecular formula is C11H18ClN3O. The Morgan fingerprint density at radius 2 is 2.19 bits per heavy atom. The van der Waals surface area contributed by atoms with E-state index in [1.165, 1.54) is 0 Å². The van der Waals surface area contributed by atoms with Gasteiger partial charge in [0, 0.05) is 25.3 Å². The Morgan fingerprint density at radius 1 is 1.50 bits per heavy atom. The van der Waals surface area contributed by atoms with Gasteiger partial charge in [0.1, 0.15) is 0 Å². The topological polar surface area (TPSA) is 62.1 Å². The van der Waals surface area contributed by atoms with Gasteiger partial charge < -0.3 is 10.7 Å². The highest BCUT2D eigenvalue weighted by Gasteiger charge is 2.18. The van der Waals surface area contributed by atoms with Crippen LogP contribution in [0, 0.1) is 0 Å². The highest BCUT2D eigenvalue weighted by molar-refractivity contribution is 5.95. The van der Waals surface area contributed by atoms with E-state index in [4.69, 9.17) is 5.73 Å². The number of carbonyl (C=O) groups is 1. The molecule has 90 valence electrons. The van der Waals surface area contributed by atoms with Crippen LogP contribution in [-0.2, 0) is 0 Å². The fraction of sp³-hybridized carbons (Fsp3) is 0.545. The van der Waals surface area contributed by atoms with Gasteiger partial charge in [0.05, 0.1) is 12.2 Å². The first kappa shape index (κ1) is 13.2. The molecule has 0 amide bonds. The van der Waals surface area contributed by atoms with Crippen LogP contribution in [0.25, 0.3) is 0 Å². The molecule has 0 spiro atoms. The third-order valence-corrected chi connectivity index (χ3v) is 2.90. The summed E-state index contributed by atoms with van der Waals surface area (Å²) in [6.45, 7) is 2.38. The van der Waals surface area contributed by atoms with Crippen molar-refractivity contribution in [3.8, 4) is 0 Å². The van der Waals surface area contributed by atoms with Crippen molar-refractivity contribution in [1.29, 1.82) is 0 Å². The van der Waals surface area contributed by atoms with Crippen molar-refractivity contribution >= 4 is 18.2 Å². The molecule has 1 saturated heterocycles. The number of halogens is 1. The second-order valence-corrected chi connectivity index (χ2v) is 4.12. The number of rotatable bonds is 3. The third kappa shape index (κ3) is 3.33. The molecule has 3 N–H and O–H groups in total. The van der Waals surface area contributed by atoms with E-state index < -0.39 is 0 Å². The summed E-state index contributed by atoms with van der Waals surface area (Å²) in [6, 6.07) is 3.99. The zero-order valence-corrected chi connectivity index (χ0v) is 10.0. The van der Waals surface area contributed by atoms with Crippen molar-refractivity contribution in [2.75, 3.05) is 19.6 Å². The van der Waals surface area contributed by atoms with E-state index in [1.807, 2.05) is 12.1 Å². The monoisotopic (exact) mass is 243 g/mol. The number of aromatic amines is 1. The van der Waals surface area contributed by atoms with Gasteiger partial charge in [-0.2, -0.15) is 0 Å². The number of H-pyrrole nitrogens is 1. The molecule has 4 nitrogen and oxygen atoms in total. The minimum Gasteiger partial charge on any atom is -0.359 e. The molecule has 0 bridgehead atoms. The fourth-order valence-electron chi connectivity index (χ4n) is 1.90.